The zero-order chi connectivity index (χ0) is 45.9. The molecule has 4 aromatic heterocycles. The molecule has 6 aromatic rings. The van der Waals surface area contributed by atoms with Gasteiger partial charge in [0.25, 0.3) is 6.01 Å². The van der Waals surface area contributed by atoms with Crippen LogP contribution >= 0.6 is 34.5 Å². The van der Waals surface area contributed by atoms with Gasteiger partial charge in [-0.15, -0.1) is 21.5 Å². The molecule has 10 rings (SSSR count). The van der Waals surface area contributed by atoms with Crippen LogP contribution in [0.1, 0.15) is 85.2 Å². The van der Waals surface area contributed by atoms with Crippen molar-refractivity contribution >= 4 is 57.3 Å². The number of hydrogen-bond acceptors (Lipinski definition) is 12. The molecule has 2 aromatic carbocycles. The number of imidazole rings is 1. The maximum absolute atomic E-state index is 14.1. The Hall–Kier alpha value is -4.90. The molecule has 3 aliphatic heterocycles. The van der Waals surface area contributed by atoms with Gasteiger partial charge in [-0.2, -0.15) is 4.98 Å². The largest absolute Gasteiger partial charge is 0.492 e. The lowest BCUT2D eigenvalue weighted by Crippen LogP contribution is -2.54. The number of likely N-dealkylation sites (tertiary alicyclic amines) is 1. The predicted molar refractivity (Wildman–Crippen MR) is 259 cm³/mol. The molecule has 0 radical (unpaired) electrons. The summed E-state index contributed by atoms with van der Waals surface area (Å²) in [5.41, 5.74) is 6.13. The molecule has 0 bridgehead atoms. The number of aryl methyl sites for hydroxylation is 2. The predicted octanol–water partition coefficient (Wildman–Crippen LogP) is 8.40. The molecule has 0 spiro atoms. The van der Waals surface area contributed by atoms with Crippen LogP contribution in [0.3, 0.4) is 0 Å². The molecule has 3 fully saturated rings. The maximum Gasteiger partial charge on any atom is 0.296 e. The number of rotatable bonds is 12. The van der Waals surface area contributed by atoms with Crippen LogP contribution in [0.4, 0.5) is 0 Å². The van der Waals surface area contributed by atoms with Crippen molar-refractivity contribution in [3.05, 3.63) is 97.9 Å². The highest BCUT2D eigenvalue weighted by atomic mass is 35.5. The van der Waals surface area contributed by atoms with Crippen molar-refractivity contribution in [3.63, 3.8) is 0 Å². The van der Waals surface area contributed by atoms with Crippen molar-refractivity contribution in [1.82, 2.24) is 44.4 Å². The van der Waals surface area contributed by atoms with E-state index in [1.54, 1.807) is 11.3 Å². The summed E-state index contributed by atoms with van der Waals surface area (Å²) in [4.78, 5) is 40.2. The lowest BCUT2D eigenvalue weighted by molar-refractivity contribution is -0.133. The van der Waals surface area contributed by atoms with E-state index < -0.39 is 11.6 Å². The Morgan fingerprint density at radius 1 is 0.924 bits per heavy atom. The van der Waals surface area contributed by atoms with E-state index in [0.717, 1.165) is 110 Å². The van der Waals surface area contributed by atoms with Crippen LogP contribution in [0.2, 0.25) is 10.0 Å². The van der Waals surface area contributed by atoms with E-state index in [9.17, 15) is 9.90 Å². The zero-order valence-corrected chi connectivity index (χ0v) is 40.4. The second-order valence-electron chi connectivity index (χ2n) is 18.8. The van der Waals surface area contributed by atoms with Crippen LogP contribution in [0.15, 0.2) is 59.6 Å². The number of nitrogens with zero attached hydrogens (tertiary/aromatic N) is 9. The lowest BCUT2D eigenvalue weighted by Gasteiger charge is -2.42. The topological polar surface area (TPSA) is 150 Å². The standard InChI is InChI=1S/C49H56Cl2N10O4S/c1-28-29(2)66-47-42(28)44(32-6-10-34(50)11-7-32)52-40(46-57-56-30(3)61(46)47)27-41(62)60-16-14-35(15-17-60)59-20-18-58(19-21-59)22-23-64-36-12-8-31(9-13-36)43-38(51)26-39-45(54-43)55-48(53-39)65-37-24-33(25-37)49(4,5)63/h6-13,26,33,35,37,40,63H,14-25,27H2,1-5H3,(H,53,54,55)/t33?,37?,40-/m0/s1. The number of aromatic nitrogens is 6. The van der Waals surface area contributed by atoms with Gasteiger partial charge in [0.2, 0.25) is 5.91 Å². The minimum Gasteiger partial charge on any atom is -0.492 e. The molecule has 2 saturated heterocycles. The number of carbonyl (C=O) groups is 1. The summed E-state index contributed by atoms with van der Waals surface area (Å²) in [5.74, 6) is 2.61. The Balaban J connectivity index is 0.689. The van der Waals surface area contributed by atoms with Gasteiger partial charge in [0.15, 0.2) is 11.5 Å². The maximum atomic E-state index is 14.1. The number of piperazine rings is 1. The van der Waals surface area contributed by atoms with Crippen LogP contribution in [0.25, 0.3) is 27.4 Å². The number of hydrogen-bond donors (Lipinski definition) is 2. The van der Waals surface area contributed by atoms with Crippen LogP contribution in [-0.2, 0) is 4.79 Å². The normalized spacial score (nSPS) is 20.7. The van der Waals surface area contributed by atoms with Gasteiger partial charge in [-0.1, -0.05) is 35.3 Å². The monoisotopic (exact) mass is 950 g/mol. The molecule has 7 heterocycles. The van der Waals surface area contributed by atoms with E-state index >= 15 is 0 Å². The summed E-state index contributed by atoms with van der Waals surface area (Å²) in [6, 6.07) is 17.9. The number of ether oxygens (including phenoxy) is 2. The van der Waals surface area contributed by atoms with Gasteiger partial charge in [0.1, 0.15) is 35.3 Å². The van der Waals surface area contributed by atoms with Crippen molar-refractivity contribution in [2.75, 3.05) is 52.4 Å². The number of fused-ring (bicyclic) bond motifs is 4. The highest BCUT2D eigenvalue weighted by molar-refractivity contribution is 7.15. The smallest absolute Gasteiger partial charge is 0.296 e. The Kier molecular flexibility index (Phi) is 12.5. The van der Waals surface area contributed by atoms with Gasteiger partial charge in [0, 0.05) is 78.4 Å². The average Bonchev–Trinajstić information content (AvgIpc) is 3.93. The molecule has 1 amide bonds. The number of H-pyrrole nitrogens is 1. The fourth-order valence-corrected chi connectivity index (χ4v) is 11.4. The highest BCUT2D eigenvalue weighted by Gasteiger charge is 2.41. The van der Waals surface area contributed by atoms with Gasteiger partial charge >= 0.3 is 0 Å². The van der Waals surface area contributed by atoms with E-state index in [-0.39, 0.29) is 24.3 Å². The van der Waals surface area contributed by atoms with E-state index in [1.165, 1.54) is 10.4 Å². The van der Waals surface area contributed by atoms with E-state index in [0.29, 0.717) is 51.4 Å². The molecule has 1 aliphatic carbocycles. The Labute approximate surface area is 399 Å². The molecule has 1 atom stereocenters. The molecule has 66 heavy (non-hydrogen) atoms. The van der Waals surface area contributed by atoms with Crippen molar-refractivity contribution in [1.29, 1.82) is 0 Å². The van der Waals surface area contributed by atoms with Gasteiger partial charge in [0.05, 0.1) is 34.0 Å². The van der Waals surface area contributed by atoms with Crippen LogP contribution < -0.4 is 9.47 Å². The number of benzene rings is 2. The number of pyridine rings is 1. The van der Waals surface area contributed by atoms with Gasteiger partial charge in [-0.25, -0.2) is 4.98 Å². The van der Waals surface area contributed by atoms with E-state index in [1.807, 2.05) is 80.3 Å². The quantitative estimate of drug-likeness (QED) is 0.123. The van der Waals surface area contributed by atoms with Gasteiger partial charge in [-0.05, 0) is 114 Å². The lowest BCUT2D eigenvalue weighted by atomic mass is 9.72. The summed E-state index contributed by atoms with van der Waals surface area (Å²) in [6.45, 7) is 16.8. The second-order valence-corrected chi connectivity index (χ2v) is 20.8. The Morgan fingerprint density at radius 3 is 2.35 bits per heavy atom. The number of halogens is 2. The average molecular weight is 952 g/mol. The zero-order valence-electron chi connectivity index (χ0n) is 38.1. The van der Waals surface area contributed by atoms with Crippen molar-refractivity contribution in [2.24, 2.45) is 10.9 Å². The highest BCUT2D eigenvalue weighted by Crippen LogP contribution is 2.41. The molecule has 4 aliphatic rings. The van der Waals surface area contributed by atoms with Crippen LogP contribution in [0, 0.1) is 26.7 Å². The fraction of sp³-hybridized carbons (Fsp3) is 0.469. The first kappa shape index (κ1) is 44.9. The number of aliphatic hydroxyl groups is 1. The summed E-state index contributed by atoms with van der Waals surface area (Å²) < 4.78 is 14.3. The Bertz CT molecular complexity index is 2760. The summed E-state index contributed by atoms with van der Waals surface area (Å²) in [5, 5.41) is 21.6. The first-order chi connectivity index (χ1) is 31.7. The SMILES string of the molecule is Cc1sc2c(c1C)C(c1ccc(Cl)cc1)=N[C@@H](CC(=O)N1CCC(N3CCN(CCOc4ccc(-c5nc6nc(OC7CC(C(C)(C)O)C7)[nH]c6cc5Cl)cc4)CC3)CC1)c1nnc(C)n1-2. The minimum absolute atomic E-state index is 0.0149. The number of aliphatic imine (C=N–C) groups is 1. The van der Waals surface area contributed by atoms with E-state index in [4.69, 9.17) is 42.7 Å². The number of thiophene rings is 1. The number of piperidine rings is 1. The van der Waals surface area contributed by atoms with E-state index in [2.05, 4.69) is 48.4 Å². The van der Waals surface area contributed by atoms with Crippen LogP contribution in [-0.4, -0.2) is 131 Å². The molecule has 17 heteroatoms. The number of aromatic amines is 1. The van der Waals surface area contributed by atoms with Gasteiger partial charge < -0.3 is 24.5 Å². The first-order valence-corrected chi connectivity index (χ1v) is 24.6. The number of carbonyl (C=O) groups excluding carboxylic acids is 1. The summed E-state index contributed by atoms with van der Waals surface area (Å²) in [7, 11) is 0. The third-order valence-corrected chi connectivity index (χ3v) is 15.8. The molecular formula is C49H56Cl2N10O4S. The molecule has 14 nitrogen and oxygen atoms in total. The molecule has 0 unspecified atom stereocenters. The van der Waals surface area contributed by atoms with Crippen LogP contribution in [0.5, 0.6) is 11.8 Å². The molecule has 1 saturated carbocycles. The van der Waals surface area contributed by atoms with Gasteiger partial charge in [-0.3, -0.25) is 24.2 Å². The van der Waals surface area contributed by atoms with Crippen molar-refractivity contribution in [3.8, 4) is 28.0 Å². The third-order valence-electron chi connectivity index (χ3n) is 14.0. The molecular weight excluding hydrogens is 896 g/mol. The third kappa shape index (κ3) is 9.10. The molecule has 2 N–H and O–H groups in total. The molecule has 346 valence electrons. The van der Waals surface area contributed by atoms with Crippen molar-refractivity contribution in [2.45, 2.75) is 90.5 Å². The van der Waals surface area contributed by atoms with Crippen molar-refractivity contribution < 1.29 is 19.4 Å². The first-order valence-electron chi connectivity index (χ1n) is 23.0. The number of amides is 1. The fourth-order valence-electron chi connectivity index (χ4n) is 9.81. The summed E-state index contributed by atoms with van der Waals surface area (Å²) in [6.07, 6.45) is 3.73. The summed E-state index contributed by atoms with van der Waals surface area (Å²) >= 11 is 14.7. The second kappa shape index (κ2) is 18.3. The number of nitrogens with one attached hydrogen (secondary N) is 1. The Morgan fingerprint density at radius 2 is 1.64 bits per heavy atom. The minimum atomic E-state index is -0.707.